The molecule has 0 bridgehead atoms. The molecule has 1 aliphatic rings. The maximum absolute atomic E-state index is 12.3. The molecule has 1 unspecified atom stereocenters. The summed E-state index contributed by atoms with van der Waals surface area (Å²) >= 11 is 9.47. The molecule has 5 rings (SSSR count). The Kier molecular flexibility index (Phi) is 6.01. The van der Waals surface area contributed by atoms with Gasteiger partial charge in [-0.05, 0) is 55.0 Å². The molecular formula is C25H19ClN2O3S2. The summed E-state index contributed by atoms with van der Waals surface area (Å²) in [5.74, 6) is 0.513. The number of rotatable bonds is 6. The maximum Gasteiger partial charge on any atom is 0.244 e. The van der Waals surface area contributed by atoms with Gasteiger partial charge in [0, 0.05) is 22.9 Å². The highest BCUT2D eigenvalue weighted by Crippen LogP contribution is 2.41. The summed E-state index contributed by atoms with van der Waals surface area (Å²) in [6.07, 6.45) is 3.68. The van der Waals surface area contributed by atoms with E-state index in [1.54, 1.807) is 24.3 Å². The molecule has 1 aliphatic heterocycles. The fourth-order valence-corrected chi connectivity index (χ4v) is 5.75. The molecule has 2 aromatic carbocycles. The van der Waals surface area contributed by atoms with Crippen molar-refractivity contribution >= 4 is 62.3 Å². The van der Waals surface area contributed by atoms with Gasteiger partial charge in [-0.3, -0.25) is 9.59 Å². The Morgan fingerprint density at radius 2 is 2.06 bits per heavy atom. The Labute approximate surface area is 203 Å². The number of nitrogens with zero attached hydrogens (tertiary/aromatic N) is 1. The number of hydrogen-bond acceptors (Lipinski definition) is 6. The van der Waals surface area contributed by atoms with Gasteiger partial charge >= 0.3 is 0 Å². The van der Waals surface area contributed by atoms with Gasteiger partial charge in [0.05, 0.1) is 26.7 Å². The Bertz CT molecular complexity index is 1370. The van der Waals surface area contributed by atoms with Gasteiger partial charge in [-0.15, -0.1) is 22.7 Å². The van der Waals surface area contributed by atoms with Crippen LogP contribution in [0.1, 0.15) is 27.2 Å². The molecule has 3 heterocycles. The second-order valence-electron chi connectivity index (χ2n) is 7.71. The van der Waals surface area contributed by atoms with Crippen LogP contribution < -0.4 is 10.1 Å². The first-order chi connectivity index (χ1) is 16.0. The molecule has 0 radical (unpaired) electrons. The fourth-order valence-electron chi connectivity index (χ4n) is 3.71. The molecule has 1 N–H and O–H groups in total. The monoisotopic (exact) mass is 494 g/mol. The maximum atomic E-state index is 12.3. The van der Waals surface area contributed by atoms with Gasteiger partial charge in [-0.25, -0.2) is 4.98 Å². The Morgan fingerprint density at radius 1 is 1.21 bits per heavy atom. The van der Waals surface area contributed by atoms with Gasteiger partial charge in [-0.2, -0.15) is 0 Å². The molecule has 1 amide bonds. The minimum Gasteiger partial charge on any atom is -0.486 e. The smallest absolute Gasteiger partial charge is 0.244 e. The van der Waals surface area contributed by atoms with Crippen molar-refractivity contribution in [2.75, 3.05) is 6.54 Å². The minimum absolute atomic E-state index is 0.0508. The fraction of sp³-hybridized carbons (Fsp3) is 0.160. The van der Waals surface area contributed by atoms with Crippen LogP contribution in [0.15, 0.2) is 54.6 Å². The molecule has 4 aromatic rings. The van der Waals surface area contributed by atoms with Crippen molar-refractivity contribution in [1.82, 2.24) is 10.3 Å². The van der Waals surface area contributed by atoms with Crippen LogP contribution in [0.2, 0.25) is 5.02 Å². The Balaban J connectivity index is 1.21. The number of hydrogen-bond donors (Lipinski definition) is 1. The van der Waals surface area contributed by atoms with Crippen LogP contribution in [0.5, 0.6) is 5.75 Å². The van der Waals surface area contributed by atoms with Gasteiger partial charge in [0.15, 0.2) is 5.78 Å². The topological polar surface area (TPSA) is 68.3 Å². The standard InChI is InChI=1S/C25H19ClN2O3S2/c1-14(29)20-6-7-21(32-20)15-10-16-11-17(31-25(16)18(26)12-15)13-27-23(30)8-9-24-28-19-4-2-3-5-22(19)33-24/h2-10,12,17H,11,13H2,1H3,(H,27,30)/b9-8+. The molecular weight excluding hydrogens is 476 g/mol. The number of ketones is 1. The average Bonchev–Trinajstić information content (AvgIpc) is 3.53. The van der Waals surface area contributed by atoms with E-state index in [1.165, 1.54) is 17.4 Å². The van der Waals surface area contributed by atoms with Gasteiger partial charge in [0.2, 0.25) is 5.91 Å². The molecule has 0 aliphatic carbocycles. The van der Waals surface area contributed by atoms with Crippen molar-refractivity contribution in [2.45, 2.75) is 19.4 Å². The highest BCUT2D eigenvalue weighted by Gasteiger charge is 2.26. The Morgan fingerprint density at radius 3 is 2.85 bits per heavy atom. The summed E-state index contributed by atoms with van der Waals surface area (Å²) in [5.41, 5.74) is 2.89. The zero-order chi connectivity index (χ0) is 22.9. The number of halogens is 1. The van der Waals surface area contributed by atoms with E-state index < -0.39 is 0 Å². The third kappa shape index (κ3) is 4.71. The van der Waals surface area contributed by atoms with Crippen molar-refractivity contribution in [3.63, 3.8) is 0 Å². The van der Waals surface area contributed by atoms with Crippen LogP contribution in [-0.2, 0) is 11.2 Å². The first kappa shape index (κ1) is 21.8. The van der Waals surface area contributed by atoms with Crippen molar-refractivity contribution in [2.24, 2.45) is 0 Å². The lowest BCUT2D eigenvalue weighted by Gasteiger charge is -2.11. The second kappa shape index (κ2) is 9.09. The summed E-state index contributed by atoms with van der Waals surface area (Å²) in [5, 5.41) is 4.21. The Hall–Kier alpha value is -3.00. The lowest BCUT2D eigenvalue weighted by Crippen LogP contribution is -2.33. The van der Waals surface area contributed by atoms with Gasteiger partial charge in [-0.1, -0.05) is 23.7 Å². The molecule has 0 saturated carbocycles. The van der Waals surface area contributed by atoms with E-state index in [9.17, 15) is 9.59 Å². The normalized spacial score (nSPS) is 15.0. The number of ether oxygens (including phenoxy) is 1. The molecule has 0 saturated heterocycles. The third-order valence-corrected chi connectivity index (χ3v) is 7.80. The summed E-state index contributed by atoms with van der Waals surface area (Å²) in [7, 11) is 0. The summed E-state index contributed by atoms with van der Waals surface area (Å²) < 4.78 is 7.08. The van der Waals surface area contributed by atoms with Crippen LogP contribution in [0.3, 0.4) is 0 Å². The quantitative estimate of drug-likeness (QED) is 0.263. The molecule has 8 heteroatoms. The number of carbonyl (C=O) groups excluding carboxylic acids is 2. The van der Waals surface area contributed by atoms with Crippen molar-refractivity contribution in [1.29, 1.82) is 0 Å². The molecule has 0 spiro atoms. The average molecular weight is 495 g/mol. The number of Topliss-reactive ketones (excluding diaryl/α,β-unsaturated/α-hetero) is 1. The highest BCUT2D eigenvalue weighted by molar-refractivity contribution is 7.19. The number of thiazole rings is 1. The SMILES string of the molecule is CC(=O)c1ccc(-c2cc(Cl)c3c(c2)CC(CNC(=O)/C=C/c2nc4ccccc4s2)O3)s1. The number of thiophene rings is 1. The van der Waals surface area contributed by atoms with E-state index in [2.05, 4.69) is 10.3 Å². The summed E-state index contributed by atoms with van der Waals surface area (Å²) in [6, 6.07) is 15.6. The number of carbonyl (C=O) groups is 2. The van der Waals surface area contributed by atoms with Crippen LogP contribution in [0.4, 0.5) is 0 Å². The van der Waals surface area contributed by atoms with Gasteiger partial charge < -0.3 is 10.1 Å². The molecule has 33 heavy (non-hydrogen) atoms. The van der Waals surface area contributed by atoms with E-state index in [1.807, 2.05) is 48.5 Å². The predicted molar refractivity (Wildman–Crippen MR) is 135 cm³/mol. The largest absolute Gasteiger partial charge is 0.486 e. The molecule has 2 aromatic heterocycles. The van der Waals surface area contributed by atoms with Crippen LogP contribution in [0, 0.1) is 0 Å². The molecule has 1 atom stereocenters. The number of nitrogens with one attached hydrogen (secondary N) is 1. The van der Waals surface area contributed by atoms with E-state index >= 15 is 0 Å². The van der Waals surface area contributed by atoms with Crippen LogP contribution in [-0.4, -0.2) is 29.3 Å². The van der Waals surface area contributed by atoms with E-state index in [4.69, 9.17) is 16.3 Å². The number of aromatic nitrogens is 1. The van der Waals surface area contributed by atoms with Crippen molar-refractivity contribution in [3.8, 4) is 16.2 Å². The number of amides is 1. The van der Waals surface area contributed by atoms with Crippen LogP contribution >= 0.6 is 34.3 Å². The van der Waals surface area contributed by atoms with Crippen LogP contribution in [0.25, 0.3) is 26.7 Å². The van der Waals surface area contributed by atoms with E-state index in [-0.39, 0.29) is 17.8 Å². The highest BCUT2D eigenvalue weighted by atomic mass is 35.5. The number of fused-ring (bicyclic) bond motifs is 2. The van der Waals surface area contributed by atoms with E-state index in [0.717, 1.165) is 36.1 Å². The van der Waals surface area contributed by atoms with Gasteiger partial charge in [0.25, 0.3) is 0 Å². The first-order valence-corrected chi connectivity index (χ1v) is 12.4. The third-order valence-electron chi connectivity index (χ3n) is 5.28. The second-order valence-corrected chi connectivity index (χ2v) is 10.3. The first-order valence-electron chi connectivity index (χ1n) is 10.4. The zero-order valence-electron chi connectivity index (χ0n) is 17.6. The summed E-state index contributed by atoms with van der Waals surface area (Å²) in [6.45, 7) is 1.93. The van der Waals surface area contributed by atoms with Gasteiger partial charge in [0.1, 0.15) is 16.9 Å². The predicted octanol–water partition coefficient (Wildman–Crippen LogP) is 6.01. The summed E-state index contributed by atoms with van der Waals surface area (Å²) in [4.78, 5) is 30.1. The minimum atomic E-state index is -0.198. The van der Waals surface area contributed by atoms with Crippen molar-refractivity contribution in [3.05, 3.63) is 75.1 Å². The molecule has 5 nitrogen and oxygen atoms in total. The lowest BCUT2D eigenvalue weighted by molar-refractivity contribution is -0.116. The molecule has 0 fully saturated rings. The van der Waals surface area contributed by atoms with E-state index in [0.29, 0.717) is 23.7 Å². The zero-order valence-corrected chi connectivity index (χ0v) is 20.0. The molecule has 166 valence electrons. The number of benzene rings is 2. The lowest BCUT2D eigenvalue weighted by atomic mass is 10.1. The number of para-hydroxylation sites is 1. The van der Waals surface area contributed by atoms with Crippen molar-refractivity contribution < 1.29 is 14.3 Å².